The summed E-state index contributed by atoms with van der Waals surface area (Å²) < 4.78 is 34.0. The number of methoxy groups -OCH3 is 1. The predicted octanol–water partition coefficient (Wildman–Crippen LogP) is 2.65. The zero-order valence-electron chi connectivity index (χ0n) is 14.3. The van der Waals surface area contributed by atoms with Gasteiger partial charge in [0.25, 0.3) is 15.7 Å². The Morgan fingerprint density at radius 2 is 1.96 bits per heavy atom. The van der Waals surface area contributed by atoms with E-state index in [1.807, 2.05) is 24.3 Å². The van der Waals surface area contributed by atoms with Crippen LogP contribution < -0.4 is 9.46 Å². The molecule has 3 aromatic rings. The number of nitro groups is 1. The summed E-state index contributed by atoms with van der Waals surface area (Å²) in [6.45, 7) is 0.441. The molecule has 9 nitrogen and oxygen atoms in total. The fourth-order valence-corrected chi connectivity index (χ4v) is 3.45. The number of hydrogen-bond donors (Lipinski definition) is 1. The van der Waals surface area contributed by atoms with E-state index in [1.165, 1.54) is 18.3 Å². The molecule has 1 aromatic heterocycles. The van der Waals surface area contributed by atoms with Crippen LogP contribution in [-0.4, -0.2) is 30.2 Å². The van der Waals surface area contributed by atoms with Crippen molar-refractivity contribution in [3.63, 3.8) is 0 Å². The topological polar surface area (TPSA) is 116 Å². The summed E-state index contributed by atoms with van der Waals surface area (Å²) in [5, 5.41) is 14.8. The van der Waals surface area contributed by atoms with E-state index in [9.17, 15) is 18.5 Å². The first-order chi connectivity index (χ1) is 12.9. The lowest BCUT2D eigenvalue weighted by atomic mass is 10.2. The van der Waals surface area contributed by atoms with E-state index in [2.05, 4.69) is 9.82 Å². The second kappa shape index (κ2) is 7.46. The van der Waals surface area contributed by atoms with Crippen LogP contribution in [-0.2, 0) is 16.6 Å². The fraction of sp³-hybridized carbons (Fsp3) is 0.118. The molecule has 0 saturated carbocycles. The van der Waals surface area contributed by atoms with Crippen molar-refractivity contribution in [2.75, 3.05) is 11.8 Å². The Morgan fingerprint density at radius 3 is 2.63 bits per heavy atom. The molecule has 0 radical (unpaired) electrons. The van der Waals surface area contributed by atoms with Gasteiger partial charge in [0.15, 0.2) is 0 Å². The molecule has 0 saturated heterocycles. The van der Waals surface area contributed by atoms with Gasteiger partial charge in [-0.25, -0.2) is 8.42 Å². The van der Waals surface area contributed by atoms with E-state index in [-0.39, 0.29) is 16.3 Å². The van der Waals surface area contributed by atoms with Crippen LogP contribution in [0.4, 0.5) is 11.4 Å². The van der Waals surface area contributed by atoms with Gasteiger partial charge in [-0.2, -0.15) is 5.10 Å². The minimum atomic E-state index is -3.87. The second-order valence-corrected chi connectivity index (χ2v) is 7.32. The van der Waals surface area contributed by atoms with Gasteiger partial charge in [-0.3, -0.25) is 19.5 Å². The molecule has 10 heteroatoms. The molecule has 1 heterocycles. The zero-order valence-corrected chi connectivity index (χ0v) is 15.1. The largest absolute Gasteiger partial charge is 0.497 e. The Balaban J connectivity index is 1.73. The van der Waals surface area contributed by atoms with Crippen LogP contribution in [0.3, 0.4) is 0 Å². The van der Waals surface area contributed by atoms with Gasteiger partial charge >= 0.3 is 0 Å². The van der Waals surface area contributed by atoms with Crippen molar-refractivity contribution >= 4 is 21.4 Å². The Hall–Kier alpha value is -3.40. The summed E-state index contributed by atoms with van der Waals surface area (Å²) in [4.78, 5) is 10.0. The van der Waals surface area contributed by atoms with Crippen LogP contribution in [0, 0.1) is 10.1 Å². The molecule has 0 aliphatic carbocycles. The highest BCUT2D eigenvalue weighted by Crippen LogP contribution is 2.19. The summed E-state index contributed by atoms with van der Waals surface area (Å²) in [6, 6.07) is 12.1. The lowest BCUT2D eigenvalue weighted by molar-refractivity contribution is -0.384. The predicted molar refractivity (Wildman–Crippen MR) is 98.2 cm³/mol. The molecule has 0 spiro atoms. The molecule has 27 heavy (non-hydrogen) atoms. The lowest BCUT2D eigenvalue weighted by Gasteiger charge is -2.06. The molecule has 0 atom stereocenters. The quantitative estimate of drug-likeness (QED) is 0.491. The van der Waals surface area contributed by atoms with Gasteiger partial charge in [0.05, 0.1) is 35.4 Å². The molecule has 0 fully saturated rings. The first-order valence-electron chi connectivity index (χ1n) is 7.80. The third-order valence-electron chi connectivity index (χ3n) is 3.72. The Morgan fingerprint density at radius 1 is 1.22 bits per heavy atom. The Bertz CT molecular complexity index is 1060. The van der Waals surface area contributed by atoms with E-state index in [0.29, 0.717) is 6.54 Å². The maximum absolute atomic E-state index is 12.4. The van der Waals surface area contributed by atoms with Crippen molar-refractivity contribution in [1.82, 2.24) is 9.78 Å². The SMILES string of the molecule is COc1cccc(Cn2cc(NS(=O)(=O)c3ccc([N+](=O)[O-])cc3)cn2)c1. The van der Waals surface area contributed by atoms with Crippen molar-refractivity contribution in [1.29, 1.82) is 0 Å². The number of nitrogens with zero attached hydrogens (tertiary/aromatic N) is 3. The molecule has 0 aliphatic heterocycles. The van der Waals surface area contributed by atoms with Gasteiger partial charge < -0.3 is 4.74 Å². The number of rotatable bonds is 7. The smallest absolute Gasteiger partial charge is 0.269 e. The fourth-order valence-electron chi connectivity index (χ4n) is 2.42. The molecule has 0 aliphatic rings. The van der Waals surface area contributed by atoms with Gasteiger partial charge in [0.2, 0.25) is 0 Å². The number of anilines is 1. The first kappa shape index (κ1) is 18.4. The number of ether oxygens (including phenoxy) is 1. The lowest BCUT2D eigenvalue weighted by Crippen LogP contribution is -2.12. The number of hydrogen-bond acceptors (Lipinski definition) is 6. The van der Waals surface area contributed by atoms with Gasteiger partial charge in [-0.15, -0.1) is 0 Å². The summed E-state index contributed by atoms with van der Waals surface area (Å²) >= 11 is 0. The third-order valence-corrected chi connectivity index (χ3v) is 5.12. The van der Waals surface area contributed by atoms with E-state index in [0.717, 1.165) is 23.4 Å². The highest BCUT2D eigenvalue weighted by atomic mass is 32.2. The van der Waals surface area contributed by atoms with Crippen molar-refractivity contribution in [2.24, 2.45) is 0 Å². The summed E-state index contributed by atoms with van der Waals surface area (Å²) in [5.74, 6) is 0.721. The van der Waals surface area contributed by atoms with Crippen molar-refractivity contribution in [3.8, 4) is 5.75 Å². The summed E-state index contributed by atoms with van der Waals surface area (Å²) in [5.41, 5.74) is 1.05. The highest BCUT2D eigenvalue weighted by Gasteiger charge is 2.17. The average Bonchev–Trinajstić information content (AvgIpc) is 3.08. The first-order valence-corrected chi connectivity index (χ1v) is 9.28. The maximum Gasteiger partial charge on any atom is 0.269 e. The zero-order chi connectivity index (χ0) is 19.4. The van der Waals surface area contributed by atoms with E-state index >= 15 is 0 Å². The minimum Gasteiger partial charge on any atom is -0.497 e. The second-order valence-electron chi connectivity index (χ2n) is 5.63. The van der Waals surface area contributed by atoms with Crippen LogP contribution in [0.2, 0.25) is 0 Å². The average molecular weight is 388 g/mol. The molecule has 0 amide bonds. The minimum absolute atomic E-state index is 0.0753. The number of aromatic nitrogens is 2. The number of nitro benzene ring substituents is 1. The van der Waals surface area contributed by atoms with Gasteiger partial charge in [0, 0.05) is 18.3 Å². The third kappa shape index (κ3) is 4.42. The highest BCUT2D eigenvalue weighted by molar-refractivity contribution is 7.92. The van der Waals surface area contributed by atoms with Crippen LogP contribution in [0.1, 0.15) is 5.56 Å². The van der Waals surface area contributed by atoms with E-state index < -0.39 is 14.9 Å². The van der Waals surface area contributed by atoms with Gasteiger partial charge in [-0.05, 0) is 29.8 Å². The molecule has 1 N–H and O–H groups in total. The molecule has 140 valence electrons. The summed E-state index contributed by atoms with van der Waals surface area (Å²) in [7, 11) is -2.29. The van der Waals surface area contributed by atoms with Crippen LogP contribution >= 0.6 is 0 Å². The molecule has 2 aromatic carbocycles. The normalized spacial score (nSPS) is 11.1. The monoisotopic (exact) mass is 388 g/mol. The van der Waals surface area contributed by atoms with Crippen LogP contribution in [0.5, 0.6) is 5.75 Å². The van der Waals surface area contributed by atoms with E-state index in [4.69, 9.17) is 4.74 Å². The van der Waals surface area contributed by atoms with Crippen molar-refractivity contribution in [2.45, 2.75) is 11.4 Å². The number of benzene rings is 2. The van der Waals surface area contributed by atoms with E-state index in [1.54, 1.807) is 18.0 Å². The molecule has 0 unspecified atom stereocenters. The van der Waals surface area contributed by atoms with Crippen LogP contribution in [0.15, 0.2) is 65.8 Å². The number of sulfonamides is 1. The Labute approximate surface area is 155 Å². The Kier molecular flexibility index (Phi) is 5.08. The molecular formula is C17H16N4O5S. The standard InChI is InChI=1S/C17H16N4O5S/c1-26-16-4-2-3-13(9-16)11-20-12-14(10-18-20)19-27(24,25)17-7-5-15(6-8-17)21(22)23/h2-10,12,19H,11H2,1H3. The van der Waals surface area contributed by atoms with Crippen LogP contribution in [0.25, 0.3) is 0 Å². The maximum atomic E-state index is 12.4. The molecule has 3 rings (SSSR count). The number of nitrogens with one attached hydrogen (secondary N) is 1. The molecule has 0 bridgehead atoms. The van der Waals surface area contributed by atoms with Crippen molar-refractivity contribution in [3.05, 3.63) is 76.6 Å². The molecular weight excluding hydrogens is 372 g/mol. The summed E-state index contributed by atoms with van der Waals surface area (Å²) in [6.07, 6.45) is 2.95. The van der Waals surface area contributed by atoms with Gasteiger partial charge in [-0.1, -0.05) is 12.1 Å². The number of non-ortho nitro benzene ring substituents is 1. The van der Waals surface area contributed by atoms with Crippen molar-refractivity contribution < 1.29 is 18.1 Å². The van der Waals surface area contributed by atoms with Gasteiger partial charge in [0.1, 0.15) is 5.75 Å².